The third kappa shape index (κ3) is 3.93. The summed E-state index contributed by atoms with van der Waals surface area (Å²) in [5.41, 5.74) is 7.41. The van der Waals surface area contributed by atoms with Crippen LogP contribution in [0.3, 0.4) is 0 Å². The van der Waals surface area contributed by atoms with Crippen molar-refractivity contribution in [1.29, 1.82) is 0 Å². The Kier molecular flexibility index (Phi) is 5.96. The van der Waals surface area contributed by atoms with Crippen molar-refractivity contribution in [2.75, 3.05) is 0 Å². The molecule has 2 nitrogen and oxygen atoms in total. The molecule has 0 bridgehead atoms. The molecule has 0 aliphatic heterocycles. The second-order valence-electron chi connectivity index (χ2n) is 5.82. The van der Waals surface area contributed by atoms with Crippen molar-refractivity contribution < 1.29 is 4.79 Å². The van der Waals surface area contributed by atoms with E-state index in [4.69, 9.17) is 5.73 Å². The number of rotatable bonds is 6. The minimum Gasteiger partial charge on any atom is -0.366 e. The van der Waals surface area contributed by atoms with Gasteiger partial charge in [0.25, 0.3) is 0 Å². The summed E-state index contributed by atoms with van der Waals surface area (Å²) in [7, 11) is -1.58. The van der Waals surface area contributed by atoms with Gasteiger partial charge in [-0.3, -0.25) is 4.79 Å². The molecular weight excluding hydrogens is 282 g/mol. The molecule has 0 aromatic carbocycles. The smallest absolute Gasteiger partial charge is 0.250 e. The van der Waals surface area contributed by atoms with Crippen LogP contribution in [0, 0.1) is 0 Å². The lowest BCUT2D eigenvalue weighted by Crippen LogP contribution is -2.40. The summed E-state index contributed by atoms with van der Waals surface area (Å²) in [4.78, 5) is 13.1. The Hall–Kier alpha value is -1.13. The number of allylic oxidation sites excluding steroid dienone is 2. The topological polar surface area (TPSA) is 43.1 Å². The van der Waals surface area contributed by atoms with Gasteiger partial charge in [0.2, 0.25) is 5.91 Å². The first-order valence-electron chi connectivity index (χ1n) is 7.13. The van der Waals surface area contributed by atoms with Gasteiger partial charge >= 0.3 is 0 Å². The molecule has 0 atom stereocenters. The largest absolute Gasteiger partial charge is 0.366 e. The molecule has 0 saturated carbocycles. The second kappa shape index (κ2) is 7.04. The van der Waals surface area contributed by atoms with Gasteiger partial charge in [0, 0.05) is 14.9 Å². The van der Waals surface area contributed by atoms with E-state index in [1.807, 2.05) is 0 Å². The maximum absolute atomic E-state index is 11.9. The monoisotopic (exact) mass is 307 g/mol. The zero-order valence-corrected chi connectivity index (χ0v) is 14.9. The highest BCUT2D eigenvalue weighted by Crippen LogP contribution is 2.27. The van der Waals surface area contributed by atoms with Gasteiger partial charge in [-0.05, 0) is 18.9 Å². The number of amides is 1. The normalized spacial score (nSPS) is 12.7. The van der Waals surface area contributed by atoms with E-state index in [0.717, 1.165) is 28.8 Å². The molecular formula is C16H25NOSSi. The van der Waals surface area contributed by atoms with Crippen LogP contribution >= 0.6 is 11.3 Å². The minimum atomic E-state index is -1.58. The third-order valence-corrected chi connectivity index (χ3v) is 7.67. The van der Waals surface area contributed by atoms with Crippen molar-refractivity contribution in [2.24, 2.45) is 5.73 Å². The van der Waals surface area contributed by atoms with Gasteiger partial charge in [0.1, 0.15) is 0 Å². The molecule has 0 aliphatic carbocycles. The molecule has 0 saturated heterocycles. The van der Waals surface area contributed by atoms with Crippen LogP contribution in [0.5, 0.6) is 0 Å². The van der Waals surface area contributed by atoms with E-state index < -0.39 is 8.07 Å². The Morgan fingerprint density at radius 1 is 1.15 bits per heavy atom. The van der Waals surface area contributed by atoms with Crippen molar-refractivity contribution >= 4 is 42.0 Å². The molecule has 20 heavy (non-hydrogen) atoms. The van der Waals surface area contributed by atoms with Crippen LogP contribution in [0.2, 0.25) is 19.6 Å². The fraction of sp³-hybridized carbons (Fsp3) is 0.438. The Morgan fingerprint density at radius 3 is 2.15 bits per heavy atom. The van der Waals surface area contributed by atoms with Crippen molar-refractivity contribution in [3.8, 4) is 0 Å². The minimum absolute atomic E-state index is 0.300. The van der Waals surface area contributed by atoms with Crippen LogP contribution in [-0.4, -0.2) is 14.0 Å². The lowest BCUT2D eigenvalue weighted by atomic mass is 10.1. The lowest BCUT2D eigenvalue weighted by molar-refractivity contribution is 0.100. The summed E-state index contributed by atoms with van der Waals surface area (Å²) in [5.74, 6) is -0.300. The second-order valence-corrected chi connectivity index (χ2v) is 12.2. The average Bonchev–Trinajstić information content (AvgIpc) is 2.72. The van der Waals surface area contributed by atoms with Gasteiger partial charge in [-0.15, -0.1) is 11.3 Å². The highest BCUT2D eigenvalue weighted by molar-refractivity contribution is 7.27. The van der Waals surface area contributed by atoms with Crippen molar-refractivity contribution in [1.82, 2.24) is 0 Å². The average molecular weight is 308 g/mol. The first-order chi connectivity index (χ1) is 9.32. The van der Waals surface area contributed by atoms with Gasteiger partial charge < -0.3 is 5.73 Å². The Labute approximate surface area is 127 Å². The molecule has 2 N–H and O–H groups in total. The van der Waals surface area contributed by atoms with E-state index >= 15 is 0 Å². The van der Waals surface area contributed by atoms with Gasteiger partial charge in [0.15, 0.2) is 0 Å². The van der Waals surface area contributed by atoms with Crippen LogP contribution in [0.15, 0.2) is 12.2 Å². The van der Waals surface area contributed by atoms with Crippen LogP contribution < -0.4 is 10.2 Å². The summed E-state index contributed by atoms with van der Waals surface area (Å²) in [6.45, 7) is 11.0. The predicted molar refractivity (Wildman–Crippen MR) is 94.5 cm³/mol. The van der Waals surface area contributed by atoms with Crippen molar-refractivity contribution in [2.45, 2.75) is 46.3 Å². The summed E-state index contributed by atoms with van der Waals surface area (Å²) in [6.07, 6.45) is 10.3. The molecule has 0 unspecified atom stereocenters. The van der Waals surface area contributed by atoms with Gasteiger partial charge in [-0.1, -0.05) is 51.7 Å². The van der Waals surface area contributed by atoms with E-state index in [1.54, 1.807) is 11.3 Å². The quantitative estimate of drug-likeness (QED) is 0.785. The van der Waals surface area contributed by atoms with Crippen LogP contribution in [-0.2, 0) is 0 Å². The molecule has 1 aromatic heterocycles. The maximum atomic E-state index is 11.9. The van der Waals surface area contributed by atoms with E-state index in [2.05, 4.69) is 57.8 Å². The summed E-state index contributed by atoms with van der Waals surface area (Å²) < 4.78 is 1.21. The Bertz CT molecular complexity index is 535. The lowest BCUT2D eigenvalue weighted by Gasteiger charge is -2.15. The molecule has 0 radical (unpaired) electrons. The van der Waals surface area contributed by atoms with Crippen LogP contribution in [0.1, 0.15) is 47.5 Å². The molecule has 1 amide bonds. The van der Waals surface area contributed by atoms with E-state index in [1.165, 1.54) is 4.50 Å². The highest BCUT2D eigenvalue weighted by atomic mass is 32.1. The van der Waals surface area contributed by atoms with Crippen molar-refractivity contribution in [3.05, 3.63) is 28.2 Å². The molecule has 4 heteroatoms. The summed E-state index contributed by atoms with van der Waals surface area (Å²) in [6, 6.07) is 0. The van der Waals surface area contributed by atoms with Gasteiger partial charge in [-0.25, -0.2) is 0 Å². The summed E-state index contributed by atoms with van der Waals surface area (Å²) >= 11 is 1.73. The number of carbonyl (C=O) groups is 1. The SMILES string of the molecule is CCC=Cc1sc([Si](C)(C)C)c(C(N)=O)c1C=CCC. The van der Waals surface area contributed by atoms with E-state index in [9.17, 15) is 4.79 Å². The Morgan fingerprint density at radius 2 is 1.70 bits per heavy atom. The standard InChI is InChI=1S/C16H25NOSSi/c1-6-8-10-12-13(11-9-7-2)19-16(20(3,4)5)14(12)15(17)18/h8-11H,6-7H2,1-5H3,(H2,17,18). The highest BCUT2D eigenvalue weighted by Gasteiger charge is 2.28. The van der Waals surface area contributed by atoms with E-state index in [0.29, 0.717) is 0 Å². The molecule has 0 spiro atoms. The first-order valence-corrected chi connectivity index (χ1v) is 11.4. The molecule has 1 heterocycles. The fourth-order valence-corrected chi connectivity index (χ4v) is 5.52. The molecule has 110 valence electrons. The van der Waals surface area contributed by atoms with Gasteiger partial charge in [0.05, 0.1) is 13.6 Å². The fourth-order valence-electron chi connectivity index (χ4n) is 1.98. The first kappa shape index (κ1) is 16.9. The molecule has 0 aliphatic rings. The van der Waals surface area contributed by atoms with Crippen LogP contribution in [0.4, 0.5) is 0 Å². The predicted octanol–water partition coefficient (Wildman–Crippen LogP) is 4.24. The number of carbonyl (C=O) groups excluding carboxylic acids is 1. The maximum Gasteiger partial charge on any atom is 0.250 e. The number of hydrogen-bond donors (Lipinski definition) is 1. The number of nitrogens with two attached hydrogens (primary N) is 1. The number of thiophene rings is 1. The van der Waals surface area contributed by atoms with E-state index in [-0.39, 0.29) is 5.91 Å². The third-order valence-electron chi connectivity index (χ3n) is 2.93. The zero-order valence-electron chi connectivity index (χ0n) is 13.1. The van der Waals surface area contributed by atoms with Crippen molar-refractivity contribution in [3.63, 3.8) is 0 Å². The zero-order chi connectivity index (χ0) is 15.3. The van der Waals surface area contributed by atoms with Gasteiger partial charge in [-0.2, -0.15) is 0 Å². The molecule has 1 aromatic rings. The number of primary amides is 1. The molecule has 0 fully saturated rings. The summed E-state index contributed by atoms with van der Waals surface area (Å²) in [5, 5.41) is 0. The Balaban J connectivity index is 3.56. The number of hydrogen-bond acceptors (Lipinski definition) is 2. The molecule has 1 rings (SSSR count). The van der Waals surface area contributed by atoms with Crippen LogP contribution in [0.25, 0.3) is 12.2 Å².